The van der Waals surface area contributed by atoms with Gasteiger partial charge in [0.1, 0.15) is 15.9 Å². The molecule has 4 heterocycles. The third kappa shape index (κ3) is 2.60. The average molecular weight is 403 g/mol. The number of hydrogen-bond acceptors (Lipinski definition) is 6. The Morgan fingerprint density at radius 1 is 1.32 bits per heavy atom. The molecule has 0 amide bonds. The molecule has 3 aromatic heterocycles. The van der Waals surface area contributed by atoms with Crippen LogP contribution >= 0.6 is 11.5 Å². The van der Waals surface area contributed by atoms with Crippen molar-refractivity contribution in [3.63, 3.8) is 0 Å². The molecule has 1 aliphatic heterocycles. The summed E-state index contributed by atoms with van der Waals surface area (Å²) >= 11 is 1.15. The molecule has 3 N–H and O–H groups in total. The number of nitrogens with zero attached hydrogens (tertiary/aromatic N) is 3. The summed E-state index contributed by atoms with van der Waals surface area (Å²) in [4.78, 5) is 32.1. The number of H-pyrrole nitrogens is 1. The molecule has 3 aromatic rings. The standard InChI is InChI=1S/C19H22FN5O2S/c1-19(2,21)9-5-6-24(8-9)16-12(20)7-11-14(26)13-17(27)23-28-18(13)25(10-3-4-10)15(11)22-16/h7,9-10H,3-6,8,21H2,1-2H3,(H,23,27)/t9-/m1/s1. The van der Waals surface area contributed by atoms with E-state index in [0.717, 1.165) is 30.8 Å². The van der Waals surface area contributed by atoms with E-state index in [1.165, 1.54) is 6.07 Å². The van der Waals surface area contributed by atoms with Crippen molar-refractivity contribution in [2.24, 2.45) is 11.7 Å². The van der Waals surface area contributed by atoms with E-state index in [1.807, 2.05) is 23.3 Å². The van der Waals surface area contributed by atoms with Crippen molar-refractivity contribution in [3.05, 3.63) is 32.5 Å². The van der Waals surface area contributed by atoms with E-state index in [2.05, 4.69) is 9.36 Å². The lowest BCUT2D eigenvalue weighted by Crippen LogP contribution is -2.42. The van der Waals surface area contributed by atoms with E-state index >= 15 is 0 Å². The van der Waals surface area contributed by atoms with E-state index in [-0.39, 0.29) is 34.1 Å². The van der Waals surface area contributed by atoms with Crippen LogP contribution in [-0.4, -0.2) is 32.6 Å². The molecule has 148 valence electrons. The monoisotopic (exact) mass is 403 g/mol. The zero-order chi connectivity index (χ0) is 19.8. The minimum absolute atomic E-state index is 0.101. The first-order valence-corrected chi connectivity index (χ1v) is 10.4. The number of pyridine rings is 2. The Labute approximate surface area is 164 Å². The molecular formula is C19H22FN5O2S. The molecule has 1 saturated heterocycles. The highest BCUT2D eigenvalue weighted by Crippen LogP contribution is 2.40. The average Bonchev–Trinajstić information content (AvgIpc) is 3.19. The second-order valence-corrected chi connectivity index (χ2v) is 9.36. The summed E-state index contributed by atoms with van der Waals surface area (Å²) in [6, 6.07) is 1.44. The fraction of sp³-hybridized carbons (Fsp3) is 0.526. The van der Waals surface area contributed by atoms with Crippen LogP contribution in [0.15, 0.2) is 15.7 Å². The van der Waals surface area contributed by atoms with Crippen LogP contribution in [0.5, 0.6) is 0 Å². The maximum Gasteiger partial charge on any atom is 0.271 e. The Morgan fingerprint density at radius 2 is 2.07 bits per heavy atom. The van der Waals surface area contributed by atoms with Crippen LogP contribution in [0, 0.1) is 11.7 Å². The summed E-state index contributed by atoms with van der Waals surface area (Å²) < 4.78 is 19.6. The zero-order valence-corrected chi connectivity index (χ0v) is 16.6. The molecule has 1 saturated carbocycles. The van der Waals surface area contributed by atoms with Crippen LogP contribution in [0.2, 0.25) is 0 Å². The van der Waals surface area contributed by atoms with E-state index < -0.39 is 16.8 Å². The Kier molecular flexibility index (Phi) is 3.73. The van der Waals surface area contributed by atoms with Gasteiger partial charge in [-0.15, -0.1) is 0 Å². The molecule has 7 nitrogen and oxygen atoms in total. The predicted octanol–water partition coefficient (Wildman–Crippen LogP) is 2.34. The molecule has 0 aromatic carbocycles. The summed E-state index contributed by atoms with van der Waals surface area (Å²) in [5, 5.41) is 0.268. The van der Waals surface area contributed by atoms with Crippen molar-refractivity contribution in [2.75, 3.05) is 18.0 Å². The van der Waals surface area contributed by atoms with Gasteiger partial charge in [0.2, 0.25) is 5.43 Å². The molecule has 1 aliphatic carbocycles. The van der Waals surface area contributed by atoms with Gasteiger partial charge >= 0.3 is 0 Å². The first-order valence-electron chi connectivity index (χ1n) is 9.55. The van der Waals surface area contributed by atoms with Crippen LogP contribution in [0.25, 0.3) is 21.3 Å². The maximum atomic E-state index is 15.0. The van der Waals surface area contributed by atoms with Gasteiger partial charge in [0.05, 0.1) is 5.39 Å². The van der Waals surface area contributed by atoms with Crippen LogP contribution in [0.3, 0.4) is 0 Å². The number of aromatic amines is 1. The number of halogens is 1. The summed E-state index contributed by atoms with van der Waals surface area (Å²) in [5.74, 6) is -0.0314. The summed E-state index contributed by atoms with van der Waals surface area (Å²) in [7, 11) is 0. The van der Waals surface area contributed by atoms with Crippen molar-refractivity contribution in [3.8, 4) is 0 Å². The molecule has 0 unspecified atom stereocenters. The topological polar surface area (TPSA) is 97.0 Å². The minimum atomic E-state index is -0.534. The SMILES string of the molecule is CC(C)(N)[C@@H]1CCN(c2nc3c(cc2F)c(=O)c2c(=O)[nH]sc2n3C2CC2)C1. The van der Waals surface area contributed by atoms with E-state index in [9.17, 15) is 14.0 Å². The highest BCUT2D eigenvalue weighted by Gasteiger charge is 2.35. The number of anilines is 1. The van der Waals surface area contributed by atoms with Gasteiger partial charge in [-0.1, -0.05) is 0 Å². The molecule has 9 heteroatoms. The van der Waals surface area contributed by atoms with Crippen molar-refractivity contribution in [2.45, 2.75) is 44.7 Å². The molecule has 2 aliphatic rings. The lowest BCUT2D eigenvalue weighted by molar-refractivity contribution is 0.348. The smallest absolute Gasteiger partial charge is 0.271 e. The molecule has 5 rings (SSSR count). The quantitative estimate of drug-likeness (QED) is 0.700. The van der Waals surface area contributed by atoms with Gasteiger partial charge in [-0.05, 0) is 56.6 Å². The molecular weight excluding hydrogens is 381 g/mol. The number of nitrogens with two attached hydrogens (primary N) is 1. The second-order valence-electron chi connectivity index (χ2n) is 8.56. The number of fused-ring (bicyclic) bond motifs is 2. The van der Waals surface area contributed by atoms with Crippen LogP contribution in [-0.2, 0) is 0 Å². The maximum absolute atomic E-state index is 15.0. The van der Waals surface area contributed by atoms with Crippen molar-refractivity contribution in [1.82, 2.24) is 13.9 Å². The first-order chi connectivity index (χ1) is 13.3. The van der Waals surface area contributed by atoms with Gasteiger partial charge in [0.15, 0.2) is 11.6 Å². The lowest BCUT2D eigenvalue weighted by atomic mass is 9.88. The molecule has 0 spiro atoms. The number of nitrogens with one attached hydrogen (secondary N) is 1. The Bertz CT molecular complexity index is 1220. The minimum Gasteiger partial charge on any atom is -0.354 e. The van der Waals surface area contributed by atoms with E-state index in [0.29, 0.717) is 23.6 Å². The summed E-state index contributed by atoms with van der Waals surface area (Å²) in [6.45, 7) is 5.28. The third-order valence-electron chi connectivity index (χ3n) is 5.99. The van der Waals surface area contributed by atoms with Gasteiger partial charge in [0, 0.05) is 24.7 Å². The van der Waals surface area contributed by atoms with Gasteiger partial charge < -0.3 is 15.2 Å². The Balaban J connectivity index is 1.73. The van der Waals surface area contributed by atoms with Gasteiger partial charge in [-0.3, -0.25) is 14.0 Å². The molecule has 0 bridgehead atoms. The molecule has 2 fully saturated rings. The van der Waals surface area contributed by atoms with Crippen LogP contribution in [0.1, 0.15) is 39.2 Å². The van der Waals surface area contributed by atoms with E-state index in [1.54, 1.807) is 0 Å². The van der Waals surface area contributed by atoms with Crippen molar-refractivity contribution in [1.29, 1.82) is 0 Å². The highest BCUT2D eigenvalue weighted by molar-refractivity contribution is 7.12. The molecule has 28 heavy (non-hydrogen) atoms. The van der Waals surface area contributed by atoms with Crippen molar-refractivity contribution < 1.29 is 4.39 Å². The summed E-state index contributed by atoms with van der Waals surface area (Å²) in [5.41, 5.74) is 5.49. The van der Waals surface area contributed by atoms with Gasteiger partial charge in [-0.2, -0.15) is 0 Å². The number of rotatable bonds is 3. The number of aromatic nitrogens is 3. The number of hydrogen-bond donors (Lipinski definition) is 2. The fourth-order valence-electron chi connectivity index (χ4n) is 4.17. The molecule has 1 atom stereocenters. The summed E-state index contributed by atoms with van der Waals surface area (Å²) in [6.07, 6.45) is 2.79. The Morgan fingerprint density at radius 3 is 2.71 bits per heavy atom. The van der Waals surface area contributed by atoms with Gasteiger partial charge in [-0.25, -0.2) is 9.37 Å². The fourth-order valence-corrected chi connectivity index (χ4v) is 5.08. The van der Waals surface area contributed by atoms with Gasteiger partial charge in [0.25, 0.3) is 5.56 Å². The largest absolute Gasteiger partial charge is 0.354 e. The normalized spacial score (nSPS) is 20.6. The van der Waals surface area contributed by atoms with Crippen LogP contribution < -0.4 is 21.6 Å². The van der Waals surface area contributed by atoms with E-state index in [4.69, 9.17) is 5.73 Å². The molecule has 0 radical (unpaired) electrons. The van der Waals surface area contributed by atoms with Crippen molar-refractivity contribution >= 4 is 38.6 Å². The first kappa shape index (κ1) is 17.8. The lowest BCUT2D eigenvalue weighted by Gasteiger charge is -2.27. The van der Waals surface area contributed by atoms with Crippen LogP contribution in [0.4, 0.5) is 10.2 Å². The zero-order valence-electron chi connectivity index (χ0n) is 15.8. The third-order valence-corrected chi connectivity index (χ3v) is 6.87. The highest BCUT2D eigenvalue weighted by atomic mass is 32.1. The Hall–Kier alpha value is -2.26. The predicted molar refractivity (Wildman–Crippen MR) is 109 cm³/mol. The second kappa shape index (κ2) is 5.87.